The number of amides is 1. The van der Waals surface area contributed by atoms with Gasteiger partial charge in [-0.2, -0.15) is 0 Å². The van der Waals surface area contributed by atoms with Gasteiger partial charge in [-0.25, -0.2) is 4.39 Å². The monoisotopic (exact) mass is 397 g/mol. The van der Waals surface area contributed by atoms with Crippen LogP contribution in [0.3, 0.4) is 0 Å². The zero-order chi connectivity index (χ0) is 19.8. The van der Waals surface area contributed by atoms with E-state index in [1.54, 1.807) is 30.3 Å². The second-order valence-electron chi connectivity index (χ2n) is 6.14. The van der Waals surface area contributed by atoms with Crippen molar-refractivity contribution in [3.05, 3.63) is 100 Å². The zero-order valence-electron chi connectivity index (χ0n) is 14.3. The fourth-order valence-electron chi connectivity index (χ4n) is 3.24. The Morgan fingerprint density at radius 1 is 1.07 bits per heavy atom. The molecule has 140 valence electrons. The van der Waals surface area contributed by atoms with Crippen molar-refractivity contribution in [2.24, 2.45) is 0 Å². The van der Waals surface area contributed by atoms with Crippen LogP contribution in [0.5, 0.6) is 0 Å². The summed E-state index contributed by atoms with van der Waals surface area (Å²) in [6, 6.07) is 13.8. The van der Waals surface area contributed by atoms with Crippen LogP contribution in [-0.2, 0) is 4.79 Å². The molecule has 3 aromatic rings. The quantitative estimate of drug-likeness (QED) is 0.638. The van der Waals surface area contributed by atoms with Crippen LogP contribution in [0.4, 0.5) is 10.1 Å². The summed E-state index contributed by atoms with van der Waals surface area (Å²) in [7, 11) is 0. The lowest BCUT2D eigenvalue weighted by atomic mass is 9.94. The Kier molecular flexibility index (Phi) is 4.49. The van der Waals surface area contributed by atoms with Gasteiger partial charge in [-0.1, -0.05) is 29.8 Å². The van der Waals surface area contributed by atoms with Gasteiger partial charge in [0.2, 0.25) is 5.78 Å². The van der Waals surface area contributed by atoms with E-state index in [0.717, 1.165) is 0 Å². The number of carbonyl (C=O) groups is 2. The molecule has 2 heterocycles. The number of halogens is 2. The first-order valence-electron chi connectivity index (χ1n) is 8.34. The Morgan fingerprint density at radius 3 is 2.43 bits per heavy atom. The molecular formula is C21H13ClFNO4. The molecule has 0 fully saturated rings. The van der Waals surface area contributed by atoms with Crippen LogP contribution in [0.25, 0.3) is 0 Å². The third-order valence-corrected chi connectivity index (χ3v) is 4.75. The summed E-state index contributed by atoms with van der Waals surface area (Å²) in [6.45, 7) is 0. The van der Waals surface area contributed by atoms with Crippen LogP contribution in [0, 0.1) is 5.82 Å². The van der Waals surface area contributed by atoms with Crippen molar-refractivity contribution in [2.45, 2.75) is 6.04 Å². The topological polar surface area (TPSA) is 70.8 Å². The van der Waals surface area contributed by atoms with Gasteiger partial charge in [0.05, 0.1) is 17.9 Å². The first-order valence-corrected chi connectivity index (χ1v) is 8.71. The maximum atomic E-state index is 14.6. The minimum Gasteiger partial charge on any atom is -0.503 e. The van der Waals surface area contributed by atoms with Crippen molar-refractivity contribution in [2.75, 3.05) is 4.90 Å². The lowest BCUT2D eigenvalue weighted by molar-refractivity contribution is -0.117. The molecule has 1 aliphatic heterocycles. The van der Waals surface area contributed by atoms with E-state index in [1.807, 2.05) is 0 Å². The molecule has 1 aromatic heterocycles. The molecule has 1 N–H and O–H groups in total. The van der Waals surface area contributed by atoms with E-state index in [4.69, 9.17) is 16.0 Å². The highest BCUT2D eigenvalue weighted by molar-refractivity contribution is 6.30. The number of Topliss-reactive ketones (excluding diaryl/α,β-unsaturated/α-hetero) is 1. The molecule has 5 nitrogen and oxygen atoms in total. The van der Waals surface area contributed by atoms with E-state index < -0.39 is 29.3 Å². The molecule has 7 heteroatoms. The third-order valence-electron chi connectivity index (χ3n) is 4.50. The predicted octanol–water partition coefficient (Wildman–Crippen LogP) is 4.86. The molecule has 0 radical (unpaired) electrons. The Labute approximate surface area is 164 Å². The van der Waals surface area contributed by atoms with Crippen LogP contribution in [0.1, 0.15) is 22.2 Å². The number of hydrogen-bond donors (Lipinski definition) is 1. The van der Waals surface area contributed by atoms with Crippen LogP contribution >= 0.6 is 11.6 Å². The molecule has 4 rings (SSSR count). The van der Waals surface area contributed by atoms with Gasteiger partial charge in [0.25, 0.3) is 5.91 Å². The van der Waals surface area contributed by atoms with E-state index in [-0.39, 0.29) is 16.9 Å². The molecule has 1 unspecified atom stereocenters. The summed E-state index contributed by atoms with van der Waals surface area (Å²) in [5.41, 5.74) is 0.182. The average molecular weight is 398 g/mol. The molecule has 1 atom stereocenters. The van der Waals surface area contributed by atoms with Crippen molar-refractivity contribution in [3.63, 3.8) is 0 Å². The first kappa shape index (κ1) is 18.0. The van der Waals surface area contributed by atoms with Crippen molar-refractivity contribution >= 4 is 29.0 Å². The summed E-state index contributed by atoms with van der Waals surface area (Å²) < 4.78 is 19.8. The van der Waals surface area contributed by atoms with Crippen LogP contribution < -0.4 is 4.90 Å². The first-order chi connectivity index (χ1) is 13.5. The van der Waals surface area contributed by atoms with Gasteiger partial charge in [-0.05, 0) is 42.5 Å². The highest BCUT2D eigenvalue weighted by Gasteiger charge is 2.46. The summed E-state index contributed by atoms with van der Waals surface area (Å²) in [5.74, 6) is -2.93. The Bertz CT molecular complexity index is 1090. The maximum absolute atomic E-state index is 14.6. The van der Waals surface area contributed by atoms with E-state index in [0.29, 0.717) is 10.7 Å². The van der Waals surface area contributed by atoms with Crippen LogP contribution in [-0.4, -0.2) is 16.8 Å². The van der Waals surface area contributed by atoms with Crippen molar-refractivity contribution in [1.29, 1.82) is 0 Å². The highest BCUT2D eigenvalue weighted by atomic mass is 35.5. The van der Waals surface area contributed by atoms with Crippen LogP contribution in [0.15, 0.2) is 82.7 Å². The molecule has 1 amide bonds. The van der Waals surface area contributed by atoms with Gasteiger partial charge in [0.15, 0.2) is 11.5 Å². The van der Waals surface area contributed by atoms with Gasteiger partial charge in [0.1, 0.15) is 5.82 Å². The minimum absolute atomic E-state index is 0.0614. The minimum atomic E-state index is -1.16. The van der Waals surface area contributed by atoms with Gasteiger partial charge < -0.3 is 9.52 Å². The molecular weight excluding hydrogens is 385 g/mol. The molecule has 0 spiro atoms. The Morgan fingerprint density at radius 2 is 1.79 bits per heavy atom. The number of furan rings is 1. The summed E-state index contributed by atoms with van der Waals surface area (Å²) in [6.07, 6.45) is 1.30. The molecule has 28 heavy (non-hydrogen) atoms. The molecule has 0 saturated heterocycles. The number of anilines is 1. The molecule has 0 bridgehead atoms. The van der Waals surface area contributed by atoms with Crippen molar-refractivity contribution in [3.8, 4) is 0 Å². The third kappa shape index (κ3) is 2.88. The van der Waals surface area contributed by atoms with E-state index in [2.05, 4.69) is 0 Å². The lowest BCUT2D eigenvalue weighted by Crippen LogP contribution is -2.31. The number of ketones is 1. The molecule has 1 aliphatic rings. The van der Waals surface area contributed by atoms with Gasteiger partial charge in [-0.3, -0.25) is 14.5 Å². The second kappa shape index (κ2) is 6.98. The van der Waals surface area contributed by atoms with Crippen molar-refractivity contribution < 1.29 is 23.5 Å². The maximum Gasteiger partial charge on any atom is 0.294 e. The Hall–Kier alpha value is -3.38. The molecule has 0 aliphatic carbocycles. The average Bonchev–Trinajstić information content (AvgIpc) is 3.31. The fraction of sp³-hybridized carbons (Fsp3) is 0.0476. The number of rotatable bonds is 4. The zero-order valence-corrected chi connectivity index (χ0v) is 15.1. The molecule has 0 saturated carbocycles. The standard InChI is InChI=1S/C21H13ClFNO4/c22-12-7-9-13(10-8-12)24-18(14-4-1-2-5-15(14)23)17(20(26)21(24)27)19(25)16-6-3-11-28-16/h1-11,18,26H. The number of nitrogens with zero attached hydrogens (tertiary/aromatic N) is 1. The van der Waals surface area contributed by atoms with Crippen LogP contribution in [0.2, 0.25) is 5.02 Å². The van der Waals surface area contributed by atoms with E-state index in [1.165, 1.54) is 41.5 Å². The summed E-state index contributed by atoms with van der Waals surface area (Å²) in [4.78, 5) is 27.0. The second-order valence-corrected chi connectivity index (χ2v) is 6.58. The van der Waals surface area contributed by atoms with E-state index in [9.17, 15) is 19.1 Å². The number of hydrogen-bond acceptors (Lipinski definition) is 4. The SMILES string of the molecule is O=C(C1=C(O)C(=O)N(c2ccc(Cl)cc2)C1c1ccccc1F)c1ccco1. The summed E-state index contributed by atoms with van der Waals surface area (Å²) >= 11 is 5.92. The van der Waals surface area contributed by atoms with Gasteiger partial charge in [-0.15, -0.1) is 0 Å². The number of carbonyl (C=O) groups excluding carboxylic acids is 2. The highest BCUT2D eigenvalue weighted by Crippen LogP contribution is 2.42. The Balaban J connectivity index is 1.91. The van der Waals surface area contributed by atoms with Gasteiger partial charge in [0, 0.05) is 16.3 Å². The van der Waals surface area contributed by atoms with Crippen molar-refractivity contribution in [1.82, 2.24) is 0 Å². The number of aliphatic hydroxyl groups is 1. The predicted molar refractivity (Wildman–Crippen MR) is 101 cm³/mol. The van der Waals surface area contributed by atoms with E-state index >= 15 is 0 Å². The lowest BCUT2D eigenvalue weighted by Gasteiger charge is -2.27. The van der Waals surface area contributed by atoms with Gasteiger partial charge >= 0.3 is 0 Å². The molecule has 2 aromatic carbocycles. The fourth-order valence-corrected chi connectivity index (χ4v) is 3.36. The number of aliphatic hydroxyl groups excluding tert-OH is 1. The normalized spacial score (nSPS) is 16.7. The largest absolute Gasteiger partial charge is 0.503 e. The summed E-state index contributed by atoms with van der Waals surface area (Å²) in [5, 5.41) is 11.0. The smallest absolute Gasteiger partial charge is 0.294 e. The number of benzene rings is 2.